The van der Waals surface area contributed by atoms with Crippen LogP contribution in [-0.4, -0.2) is 43.0 Å². The number of benzene rings is 1. The summed E-state index contributed by atoms with van der Waals surface area (Å²) in [4.78, 5) is 13.9. The number of carbonyl (C=O) groups is 1. The first-order valence-electron chi connectivity index (χ1n) is 6.09. The van der Waals surface area contributed by atoms with Crippen molar-refractivity contribution in [1.82, 2.24) is 4.90 Å². The quantitative estimate of drug-likeness (QED) is 0.803. The molecule has 0 heterocycles. The van der Waals surface area contributed by atoms with E-state index in [4.69, 9.17) is 0 Å². The van der Waals surface area contributed by atoms with Gasteiger partial charge in [0.05, 0.1) is 5.75 Å². The molecule has 1 aromatic rings. The van der Waals surface area contributed by atoms with E-state index in [1.165, 1.54) is 0 Å². The molecule has 0 fully saturated rings. The lowest BCUT2D eigenvalue weighted by Gasteiger charge is -2.12. The van der Waals surface area contributed by atoms with Crippen molar-refractivity contribution in [2.45, 2.75) is 13.8 Å². The van der Waals surface area contributed by atoms with E-state index in [0.717, 1.165) is 29.1 Å². The molecule has 3 nitrogen and oxygen atoms in total. The maximum atomic E-state index is 11.8. The second kappa shape index (κ2) is 7.44. The predicted molar refractivity (Wildman–Crippen MR) is 80.4 cm³/mol. The number of thioether (sulfide) groups is 1. The van der Waals surface area contributed by atoms with Crippen molar-refractivity contribution in [2.75, 3.05) is 37.5 Å². The highest BCUT2D eigenvalue weighted by Crippen LogP contribution is 2.19. The predicted octanol–water partition coefficient (Wildman–Crippen LogP) is 2.54. The summed E-state index contributed by atoms with van der Waals surface area (Å²) >= 11 is 1.67. The summed E-state index contributed by atoms with van der Waals surface area (Å²) in [7, 11) is 4.08. The van der Waals surface area contributed by atoms with Gasteiger partial charge in [0.15, 0.2) is 0 Å². The largest absolute Gasteiger partial charge is 0.325 e. The van der Waals surface area contributed by atoms with Crippen molar-refractivity contribution < 1.29 is 4.79 Å². The van der Waals surface area contributed by atoms with Gasteiger partial charge in [-0.25, -0.2) is 0 Å². The van der Waals surface area contributed by atoms with E-state index in [1.807, 2.05) is 46.1 Å². The van der Waals surface area contributed by atoms with Crippen LogP contribution in [0.2, 0.25) is 0 Å². The molecule has 0 radical (unpaired) electrons. The van der Waals surface area contributed by atoms with Crippen molar-refractivity contribution in [3.8, 4) is 0 Å². The number of nitrogens with zero attached hydrogens (tertiary/aromatic N) is 1. The summed E-state index contributed by atoms with van der Waals surface area (Å²) in [6.45, 7) is 5.03. The molecule has 0 atom stereocenters. The minimum absolute atomic E-state index is 0.0798. The fourth-order valence-corrected chi connectivity index (χ4v) is 2.50. The van der Waals surface area contributed by atoms with Gasteiger partial charge in [-0.05, 0) is 39.1 Å². The van der Waals surface area contributed by atoms with E-state index >= 15 is 0 Å². The number of aryl methyl sites for hydroxylation is 2. The van der Waals surface area contributed by atoms with Crippen LogP contribution in [0, 0.1) is 13.8 Å². The van der Waals surface area contributed by atoms with E-state index in [-0.39, 0.29) is 5.91 Å². The van der Waals surface area contributed by atoms with Crippen LogP contribution in [0.25, 0.3) is 0 Å². The Balaban J connectivity index is 2.40. The Morgan fingerprint density at radius 1 is 1.28 bits per heavy atom. The SMILES string of the molecule is Cc1cccc(C)c1NC(=O)CSCCN(C)C. The Hall–Kier alpha value is -1.000. The van der Waals surface area contributed by atoms with Crippen LogP contribution in [0.3, 0.4) is 0 Å². The minimum Gasteiger partial charge on any atom is -0.325 e. The van der Waals surface area contributed by atoms with Crippen LogP contribution in [0.4, 0.5) is 5.69 Å². The molecule has 0 aliphatic rings. The molecule has 0 spiro atoms. The number of anilines is 1. The van der Waals surface area contributed by atoms with Crippen LogP contribution < -0.4 is 5.32 Å². The minimum atomic E-state index is 0.0798. The molecule has 4 heteroatoms. The lowest BCUT2D eigenvalue weighted by atomic mass is 10.1. The molecule has 100 valence electrons. The number of rotatable bonds is 6. The Labute approximate surface area is 114 Å². The van der Waals surface area contributed by atoms with E-state index < -0.39 is 0 Å². The van der Waals surface area contributed by atoms with Gasteiger partial charge in [-0.2, -0.15) is 11.8 Å². The number of amides is 1. The summed E-state index contributed by atoms with van der Waals surface area (Å²) in [5.41, 5.74) is 3.18. The standard InChI is InChI=1S/C14H22N2OS/c1-11-6-5-7-12(2)14(11)15-13(17)10-18-9-8-16(3)4/h5-7H,8-10H2,1-4H3,(H,15,17). The zero-order valence-corrected chi connectivity index (χ0v) is 12.4. The fraction of sp³-hybridized carbons (Fsp3) is 0.500. The summed E-state index contributed by atoms with van der Waals surface area (Å²) in [6, 6.07) is 6.04. The molecular weight excluding hydrogens is 244 g/mol. The summed E-state index contributed by atoms with van der Waals surface area (Å²) in [5.74, 6) is 1.57. The lowest BCUT2D eigenvalue weighted by Crippen LogP contribution is -2.19. The van der Waals surface area contributed by atoms with Gasteiger partial charge in [0.2, 0.25) is 5.91 Å². The van der Waals surface area contributed by atoms with Crippen LogP contribution in [0.5, 0.6) is 0 Å². The molecule has 0 bridgehead atoms. The first kappa shape index (κ1) is 15.1. The third-order valence-electron chi connectivity index (χ3n) is 2.66. The molecule has 1 amide bonds. The average Bonchev–Trinajstić information content (AvgIpc) is 2.29. The van der Waals surface area contributed by atoms with Crippen molar-refractivity contribution in [3.05, 3.63) is 29.3 Å². The van der Waals surface area contributed by atoms with E-state index in [2.05, 4.69) is 10.2 Å². The third kappa shape index (κ3) is 5.10. The van der Waals surface area contributed by atoms with Gasteiger partial charge in [0.25, 0.3) is 0 Å². The van der Waals surface area contributed by atoms with Gasteiger partial charge in [0, 0.05) is 18.0 Å². The van der Waals surface area contributed by atoms with Gasteiger partial charge < -0.3 is 10.2 Å². The van der Waals surface area contributed by atoms with E-state index in [0.29, 0.717) is 5.75 Å². The molecule has 0 aromatic heterocycles. The molecule has 1 aromatic carbocycles. The van der Waals surface area contributed by atoms with Crippen LogP contribution in [0.1, 0.15) is 11.1 Å². The second-order valence-electron chi connectivity index (χ2n) is 4.67. The van der Waals surface area contributed by atoms with Gasteiger partial charge in [-0.1, -0.05) is 18.2 Å². The highest BCUT2D eigenvalue weighted by atomic mass is 32.2. The number of hydrogen-bond acceptors (Lipinski definition) is 3. The van der Waals surface area contributed by atoms with Crippen LogP contribution in [-0.2, 0) is 4.79 Å². The van der Waals surface area contributed by atoms with Crippen molar-refractivity contribution in [1.29, 1.82) is 0 Å². The molecule has 1 N–H and O–H groups in total. The Morgan fingerprint density at radius 2 is 1.89 bits per heavy atom. The van der Waals surface area contributed by atoms with E-state index in [1.54, 1.807) is 11.8 Å². The number of nitrogens with one attached hydrogen (secondary N) is 1. The molecule has 0 saturated carbocycles. The Morgan fingerprint density at radius 3 is 2.44 bits per heavy atom. The van der Waals surface area contributed by atoms with Crippen molar-refractivity contribution >= 4 is 23.4 Å². The first-order valence-corrected chi connectivity index (χ1v) is 7.24. The molecule has 0 unspecified atom stereocenters. The number of para-hydroxylation sites is 1. The third-order valence-corrected chi connectivity index (χ3v) is 3.60. The first-order chi connectivity index (χ1) is 8.50. The molecule has 1 rings (SSSR count). The molecule has 0 aliphatic carbocycles. The summed E-state index contributed by atoms with van der Waals surface area (Å²) < 4.78 is 0. The molecule has 0 aliphatic heterocycles. The topological polar surface area (TPSA) is 32.3 Å². The monoisotopic (exact) mass is 266 g/mol. The molecule has 18 heavy (non-hydrogen) atoms. The summed E-state index contributed by atoms with van der Waals surface area (Å²) in [5, 5.41) is 2.99. The van der Waals surface area contributed by atoms with Crippen LogP contribution in [0.15, 0.2) is 18.2 Å². The second-order valence-corrected chi connectivity index (χ2v) is 5.78. The van der Waals surface area contributed by atoms with E-state index in [9.17, 15) is 4.79 Å². The average molecular weight is 266 g/mol. The Kier molecular flexibility index (Phi) is 6.22. The van der Waals surface area contributed by atoms with Crippen LogP contribution >= 0.6 is 11.8 Å². The highest BCUT2D eigenvalue weighted by molar-refractivity contribution is 7.99. The highest BCUT2D eigenvalue weighted by Gasteiger charge is 2.07. The lowest BCUT2D eigenvalue weighted by molar-refractivity contribution is -0.113. The van der Waals surface area contributed by atoms with Gasteiger partial charge >= 0.3 is 0 Å². The fourth-order valence-electron chi connectivity index (χ4n) is 1.60. The van der Waals surface area contributed by atoms with Crippen molar-refractivity contribution in [3.63, 3.8) is 0 Å². The molecular formula is C14H22N2OS. The van der Waals surface area contributed by atoms with Gasteiger partial charge in [-0.15, -0.1) is 0 Å². The zero-order valence-electron chi connectivity index (χ0n) is 11.6. The van der Waals surface area contributed by atoms with Crippen molar-refractivity contribution in [2.24, 2.45) is 0 Å². The number of hydrogen-bond donors (Lipinski definition) is 1. The molecule has 0 saturated heterocycles. The maximum Gasteiger partial charge on any atom is 0.234 e. The number of carbonyl (C=O) groups excluding carboxylic acids is 1. The van der Waals surface area contributed by atoms with Gasteiger partial charge in [0.1, 0.15) is 0 Å². The normalized spacial score (nSPS) is 10.7. The Bertz CT molecular complexity index is 385. The zero-order chi connectivity index (χ0) is 13.5. The summed E-state index contributed by atoms with van der Waals surface area (Å²) in [6.07, 6.45) is 0. The van der Waals surface area contributed by atoms with Gasteiger partial charge in [-0.3, -0.25) is 4.79 Å². The maximum absolute atomic E-state index is 11.8. The smallest absolute Gasteiger partial charge is 0.234 e.